The lowest BCUT2D eigenvalue weighted by molar-refractivity contribution is -0.139. The Kier molecular flexibility index (Phi) is 6.69. The zero-order valence-electron chi connectivity index (χ0n) is 18.1. The summed E-state index contributed by atoms with van der Waals surface area (Å²) in [6, 6.07) is 10.5. The Hall–Kier alpha value is -3.66. The molecule has 2 heterocycles. The van der Waals surface area contributed by atoms with E-state index >= 15 is 0 Å². The number of rotatable bonds is 6. The quantitative estimate of drug-likeness (QED) is 0.498. The molecule has 0 radical (unpaired) electrons. The van der Waals surface area contributed by atoms with Crippen molar-refractivity contribution < 1.29 is 27.4 Å². The number of aromatic nitrogens is 1. The van der Waals surface area contributed by atoms with Gasteiger partial charge in [-0.3, -0.25) is 9.36 Å². The zero-order chi connectivity index (χ0) is 24.4. The maximum atomic E-state index is 13.6. The molecule has 1 aliphatic heterocycles. The zero-order valence-corrected chi connectivity index (χ0v) is 18.9. The predicted octanol–water partition coefficient (Wildman–Crippen LogP) is 3.54. The maximum Gasteiger partial charge on any atom is 0.387 e. The Morgan fingerprint density at radius 3 is 2.47 bits per heavy atom. The summed E-state index contributed by atoms with van der Waals surface area (Å²) in [6.45, 7) is 0.536. The van der Waals surface area contributed by atoms with Crippen molar-refractivity contribution in [2.75, 3.05) is 6.61 Å². The number of fused-ring (bicyclic) bond motifs is 1. The highest BCUT2D eigenvalue weighted by Crippen LogP contribution is 2.30. The van der Waals surface area contributed by atoms with E-state index in [-0.39, 0.29) is 17.9 Å². The summed E-state index contributed by atoms with van der Waals surface area (Å²) in [4.78, 5) is 31.0. The van der Waals surface area contributed by atoms with E-state index in [9.17, 15) is 22.8 Å². The fraction of sp³-hybridized carbons (Fsp3) is 0.208. The first kappa shape index (κ1) is 23.5. The number of hydrogen-bond donors (Lipinski definition) is 0. The van der Waals surface area contributed by atoms with Crippen molar-refractivity contribution in [2.45, 2.75) is 26.5 Å². The maximum absolute atomic E-state index is 13.6. The Labute approximate surface area is 195 Å². The molecule has 0 aliphatic carbocycles. The number of nitrogens with zero attached hydrogens (tertiary/aromatic N) is 2. The van der Waals surface area contributed by atoms with Crippen LogP contribution < -0.4 is 19.6 Å². The molecular formula is C24H19F3N2O4S. The number of ether oxygens (including phenoxy) is 2. The Morgan fingerprint density at radius 1 is 1.18 bits per heavy atom. The second-order valence-electron chi connectivity index (χ2n) is 7.30. The predicted molar refractivity (Wildman–Crippen MR) is 120 cm³/mol. The molecule has 0 bridgehead atoms. The van der Waals surface area contributed by atoms with E-state index in [1.165, 1.54) is 41.0 Å². The summed E-state index contributed by atoms with van der Waals surface area (Å²) >= 11 is 1.12. The summed E-state index contributed by atoms with van der Waals surface area (Å²) in [5, 5.41) is 0. The minimum absolute atomic E-state index is 0.000349. The van der Waals surface area contributed by atoms with Crippen LogP contribution in [0.2, 0.25) is 0 Å². The van der Waals surface area contributed by atoms with Crippen LogP contribution >= 0.6 is 11.3 Å². The fourth-order valence-electron chi connectivity index (χ4n) is 3.65. The van der Waals surface area contributed by atoms with Gasteiger partial charge in [-0.1, -0.05) is 35.6 Å². The number of allylic oxidation sites excluding steroid dienone is 1. The Balaban J connectivity index is 1.85. The summed E-state index contributed by atoms with van der Waals surface area (Å²) in [7, 11) is 0. The highest BCUT2D eigenvalue weighted by atomic mass is 32.1. The van der Waals surface area contributed by atoms with Crippen LogP contribution in [0.4, 0.5) is 13.2 Å². The third kappa shape index (κ3) is 4.67. The van der Waals surface area contributed by atoms with Crippen LogP contribution in [-0.2, 0) is 9.53 Å². The highest BCUT2D eigenvalue weighted by Gasteiger charge is 2.33. The van der Waals surface area contributed by atoms with Gasteiger partial charge in [-0.2, -0.15) is 8.78 Å². The number of esters is 1. The lowest BCUT2D eigenvalue weighted by Crippen LogP contribution is -2.39. The number of carbonyl (C=O) groups excluding carboxylic acids is 1. The molecule has 4 rings (SSSR count). The Morgan fingerprint density at radius 2 is 1.85 bits per heavy atom. The molecule has 6 nitrogen and oxygen atoms in total. The second-order valence-corrected chi connectivity index (χ2v) is 8.31. The summed E-state index contributed by atoms with van der Waals surface area (Å²) in [6.07, 6.45) is 1.60. The van der Waals surface area contributed by atoms with Gasteiger partial charge in [0.1, 0.15) is 11.6 Å². The molecule has 1 unspecified atom stereocenters. The molecule has 176 valence electrons. The largest absolute Gasteiger partial charge is 0.463 e. The molecule has 1 aromatic heterocycles. The molecule has 0 spiro atoms. The van der Waals surface area contributed by atoms with Gasteiger partial charge in [-0.05, 0) is 55.3 Å². The number of hydrogen-bond acceptors (Lipinski definition) is 6. The first-order valence-corrected chi connectivity index (χ1v) is 11.1. The van der Waals surface area contributed by atoms with Crippen molar-refractivity contribution in [3.8, 4) is 5.75 Å². The van der Waals surface area contributed by atoms with Crippen molar-refractivity contribution in [3.63, 3.8) is 0 Å². The van der Waals surface area contributed by atoms with Gasteiger partial charge in [-0.15, -0.1) is 0 Å². The van der Waals surface area contributed by atoms with Gasteiger partial charge in [-0.25, -0.2) is 14.2 Å². The monoisotopic (exact) mass is 488 g/mol. The van der Waals surface area contributed by atoms with Crippen molar-refractivity contribution in [2.24, 2.45) is 4.99 Å². The third-order valence-electron chi connectivity index (χ3n) is 5.11. The van der Waals surface area contributed by atoms with Gasteiger partial charge in [0.15, 0.2) is 4.80 Å². The van der Waals surface area contributed by atoms with E-state index in [0.717, 1.165) is 11.3 Å². The average molecular weight is 488 g/mol. The highest BCUT2D eigenvalue weighted by molar-refractivity contribution is 7.07. The number of carbonyl (C=O) groups is 1. The molecule has 10 heteroatoms. The fourth-order valence-corrected chi connectivity index (χ4v) is 4.70. The van der Waals surface area contributed by atoms with Crippen molar-refractivity contribution in [1.29, 1.82) is 0 Å². The van der Waals surface area contributed by atoms with Crippen molar-refractivity contribution >= 4 is 23.4 Å². The van der Waals surface area contributed by atoms with Gasteiger partial charge in [0, 0.05) is 0 Å². The molecule has 3 aromatic rings. The SMILES string of the molecule is CCOC(=O)C1=C(C)N=c2s/c(=C/c3ccc(OC(F)F)cc3)c(=O)n2C1c1ccc(F)cc1. The Bertz CT molecular complexity index is 1420. The molecule has 34 heavy (non-hydrogen) atoms. The van der Waals surface area contributed by atoms with Gasteiger partial charge in [0.05, 0.1) is 28.5 Å². The van der Waals surface area contributed by atoms with Crippen LogP contribution in [0.1, 0.15) is 31.0 Å². The molecule has 1 atom stereocenters. The number of halogens is 3. The minimum Gasteiger partial charge on any atom is -0.463 e. The lowest BCUT2D eigenvalue weighted by atomic mass is 9.96. The lowest BCUT2D eigenvalue weighted by Gasteiger charge is -2.24. The number of thiazole rings is 1. The van der Waals surface area contributed by atoms with Crippen LogP contribution in [-0.4, -0.2) is 23.8 Å². The molecule has 0 fully saturated rings. The van der Waals surface area contributed by atoms with Crippen LogP contribution in [0.5, 0.6) is 5.75 Å². The normalized spacial score (nSPS) is 15.8. The van der Waals surface area contributed by atoms with Gasteiger partial charge in [0.25, 0.3) is 5.56 Å². The molecule has 0 N–H and O–H groups in total. The molecule has 2 aromatic carbocycles. The van der Waals surface area contributed by atoms with Crippen molar-refractivity contribution in [3.05, 3.63) is 96.4 Å². The third-order valence-corrected chi connectivity index (χ3v) is 6.09. The summed E-state index contributed by atoms with van der Waals surface area (Å²) in [5.41, 5.74) is 1.31. The van der Waals surface area contributed by atoms with E-state index in [1.54, 1.807) is 32.1 Å². The molecule has 1 aliphatic rings. The second kappa shape index (κ2) is 9.68. The van der Waals surface area contributed by atoms with Crippen LogP contribution in [0, 0.1) is 5.82 Å². The smallest absolute Gasteiger partial charge is 0.387 e. The van der Waals surface area contributed by atoms with Crippen LogP contribution in [0.3, 0.4) is 0 Å². The standard InChI is InChI=1S/C24H19F3N2O4S/c1-3-32-22(31)19-13(2)28-24-29(20(19)15-6-8-16(25)9-7-15)21(30)18(34-24)12-14-4-10-17(11-5-14)33-23(26)27/h4-12,20,23H,3H2,1-2H3/b18-12+. The molecular weight excluding hydrogens is 469 g/mol. The van der Waals surface area contributed by atoms with E-state index < -0.39 is 30.0 Å². The van der Waals surface area contributed by atoms with E-state index in [2.05, 4.69) is 9.73 Å². The molecule has 0 saturated heterocycles. The molecule has 0 amide bonds. The van der Waals surface area contributed by atoms with Gasteiger partial charge >= 0.3 is 12.6 Å². The summed E-state index contributed by atoms with van der Waals surface area (Å²) in [5.74, 6) is -1.06. The first-order chi connectivity index (χ1) is 16.3. The molecule has 0 saturated carbocycles. The number of alkyl halides is 2. The van der Waals surface area contributed by atoms with E-state index in [0.29, 0.717) is 26.2 Å². The van der Waals surface area contributed by atoms with E-state index in [1.807, 2.05) is 0 Å². The minimum atomic E-state index is -2.93. The summed E-state index contributed by atoms with van der Waals surface area (Å²) < 4.78 is 49.6. The number of benzene rings is 2. The van der Waals surface area contributed by atoms with Crippen molar-refractivity contribution in [1.82, 2.24) is 4.57 Å². The van der Waals surface area contributed by atoms with Crippen LogP contribution in [0.15, 0.2) is 69.6 Å². The topological polar surface area (TPSA) is 69.9 Å². The van der Waals surface area contributed by atoms with Gasteiger partial charge < -0.3 is 9.47 Å². The first-order valence-electron chi connectivity index (χ1n) is 10.3. The van der Waals surface area contributed by atoms with E-state index in [4.69, 9.17) is 4.74 Å². The average Bonchev–Trinajstić information content (AvgIpc) is 3.09. The van der Waals surface area contributed by atoms with Crippen LogP contribution in [0.25, 0.3) is 6.08 Å². The van der Waals surface area contributed by atoms with Gasteiger partial charge in [0.2, 0.25) is 0 Å².